The fourth-order valence-electron chi connectivity index (χ4n) is 2.48. The van der Waals surface area contributed by atoms with Crippen molar-refractivity contribution in [3.63, 3.8) is 0 Å². The maximum absolute atomic E-state index is 5.39. The summed E-state index contributed by atoms with van der Waals surface area (Å²) >= 11 is 0. The lowest BCUT2D eigenvalue weighted by Gasteiger charge is -1.99. The molecular weight excluding hydrogens is 268 g/mol. The van der Waals surface area contributed by atoms with Crippen LogP contribution in [0.1, 0.15) is 18.2 Å². The number of benzene rings is 1. The quantitative estimate of drug-likeness (QED) is 0.799. The van der Waals surface area contributed by atoms with Crippen molar-refractivity contribution in [2.24, 2.45) is 0 Å². The van der Waals surface area contributed by atoms with E-state index in [1.807, 2.05) is 24.3 Å². The molecule has 0 spiro atoms. The highest BCUT2D eigenvalue weighted by Crippen LogP contribution is 2.27. The van der Waals surface area contributed by atoms with Crippen LogP contribution in [0.15, 0.2) is 41.2 Å². The molecule has 0 bridgehead atoms. The number of nitrogens with zero attached hydrogens (tertiary/aromatic N) is 3. The van der Waals surface area contributed by atoms with E-state index in [2.05, 4.69) is 20.1 Å². The number of nitrogens with one attached hydrogen (secondary N) is 1. The van der Waals surface area contributed by atoms with Crippen molar-refractivity contribution in [1.29, 1.82) is 0 Å². The lowest BCUT2D eigenvalue weighted by molar-refractivity contribution is 0.192. The summed E-state index contributed by atoms with van der Waals surface area (Å²) < 4.78 is 10.7. The third-order valence-electron chi connectivity index (χ3n) is 3.62. The SMILES string of the molecule is c1cc(-c2ncc[nH]2)cc(-c2nc(C3CCOC3)no2)c1. The lowest BCUT2D eigenvalue weighted by atomic mass is 10.1. The van der Waals surface area contributed by atoms with E-state index in [4.69, 9.17) is 9.26 Å². The van der Waals surface area contributed by atoms with Gasteiger partial charge in [0.2, 0.25) is 0 Å². The molecule has 1 unspecified atom stereocenters. The third kappa shape index (κ3) is 2.34. The summed E-state index contributed by atoms with van der Waals surface area (Å²) in [6, 6.07) is 7.89. The van der Waals surface area contributed by atoms with Crippen molar-refractivity contribution in [1.82, 2.24) is 20.1 Å². The Labute approximate surface area is 121 Å². The molecule has 4 rings (SSSR count). The highest BCUT2D eigenvalue weighted by molar-refractivity contribution is 5.65. The first kappa shape index (κ1) is 12.3. The van der Waals surface area contributed by atoms with Crippen molar-refractivity contribution in [3.8, 4) is 22.8 Å². The zero-order chi connectivity index (χ0) is 14.1. The van der Waals surface area contributed by atoms with Gasteiger partial charge in [0.05, 0.1) is 6.61 Å². The van der Waals surface area contributed by atoms with Gasteiger partial charge in [0.1, 0.15) is 5.82 Å². The Morgan fingerprint density at radius 3 is 3.00 bits per heavy atom. The summed E-state index contributed by atoms with van der Waals surface area (Å²) in [5.41, 5.74) is 1.88. The standard InChI is InChI=1S/C15H14N4O2/c1-2-10(13-16-5-6-17-13)8-11(3-1)15-18-14(19-21-15)12-4-7-20-9-12/h1-3,5-6,8,12H,4,7,9H2,(H,16,17). The van der Waals surface area contributed by atoms with Crippen LogP contribution in [0.3, 0.4) is 0 Å². The number of aromatic nitrogens is 4. The predicted molar refractivity (Wildman–Crippen MR) is 75.5 cm³/mol. The van der Waals surface area contributed by atoms with Crippen LogP contribution in [-0.4, -0.2) is 33.3 Å². The van der Waals surface area contributed by atoms with Gasteiger partial charge in [-0.15, -0.1) is 0 Å². The van der Waals surface area contributed by atoms with Crippen LogP contribution in [0.25, 0.3) is 22.8 Å². The first-order valence-electron chi connectivity index (χ1n) is 6.92. The predicted octanol–water partition coefficient (Wildman–Crippen LogP) is 2.63. The summed E-state index contributed by atoms with van der Waals surface area (Å²) in [7, 11) is 0. The molecule has 1 atom stereocenters. The van der Waals surface area contributed by atoms with E-state index >= 15 is 0 Å². The van der Waals surface area contributed by atoms with E-state index in [0.717, 1.165) is 35.8 Å². The van der Waals surface area contributed by atoms with Crippen LogP contribution in [0.4, 0.5) is 0 Å². The molecule has 1 N–H and O–H groups in total. The Morgan fingerprint density at radius 1 is 1.24 bits per heavy atom. The summed E-state index contributed by atoms with van der Waals surface area (Å²) in [5.74, 6) is 2.33. The zero-order valence-electron chi connectivity index (χ0n) is 11.3. The molecule has 1 aromatic carbocycles. The number of H-pyrrole nitrogens is 1. The van der Waals surface area contributed by atoms with Gasteiger partial charge in [0.25, 0.3) is 5.89 Å². The van der Waals surface area contributed by atoms with Crippen LogP contribution in [0.5, 0.6) is 0 Å². The highest BCUT2D eigenvalue weighted by atomic mass is 16.5. The zero-order valence-corrected chi connectivity index (χ0v) is 11.3. The largest absolute Gasteiger partial charge is 0.381 e. The summed E-state index contributed by atoms with van der Waals surface area (Å²) in [5, 5.41) is 4.08. The minimum atomic E-state index is 0.246. The third-order valence-corrected chi connectivity index (χ3v) is 3.62. The molecule has 3 aromatic rings. The monoisotopic (exact) mass is 282 g/mol. The number of rotatable bonds is 3. The van der Waals surface area contributed by atoms with E-state index in [0.29, 0.717) is 12.5 Å². The Hall–Kier alpha value is -2.47. The van der Waals surface area contributed by atoms with Gasteiger partial charge in [0.15, 0.2) is 5.82 Å². The molecule has 2 aromatic heterocycles. The molecule has 0 saturated carbocycles. The molecule has 0 aliphatic carbocycles. The second-order valence-corrected chi connectivity index (χ2v) is 5.04. The maximum atomic E-state index is 5.39. The highest BCUT2D eigenvalue weighted by Gasteiger charge is 2.23. The molecular formula is C15H14N4O2. The summed E-state index contributed by atoms with van der Waals surface area (Å²) in [6.45, 7) is 1.44. The Kier molecular flexibility index (Phi) is 3.01. The molecule has 1 aliphatic rings. The number of aromatic amines is 1. The lowest BCUT2D eigenvalue weighted by Crippen LogP contribution is -1.99. The van der Waals surface area contributed by atoms with Crippen LogP contribution >= 0.6 is 0 Å². The van der Waals surface area contributed by atoms with Crippen molar-refractivity contribution in [3.05, 3.63) is 42.5 Å². The first-order chi connectivity index (χ1) is 10.4. The molecule has 6 heteroatoms. The molecule has 3 heterocycles. The van der Waals surface area contributed by atoms with Gasteiger partial charge in [0, 0.05) is 36.0 Å². The molecule has 106 valence electrons. The minimum Gasteiger partial charge on any atom is -0.381 e. The Bertz CT molecular complexity index is 730. The van der Waals surface area contributed by atoms with Gasteiger partial charge in [-0.3, -0.25) is 0 Å². The average molecular weight is 282 g/mol. The number of imidazole rings is 1. The molecule has 0 amide bonds. The van der Waals surface area contributed by atoms with Gasteiger partial charge < -0.3 is 14.2 Å². The van der Waals surface area contributed by atoms with E-state index in [9.17, 15) is 0 Å². The molecule has 21 heavy (non-hydrogen) atoms. The smallest absolute Gasteiger partial charge is 0.257 e. The average Bonchev–Trinajstić information content (AvgIpc) is 3.26. The van der Waals surface area contributed by atoms with Crippen LogP contribution < -0.4 is 0 Å². The topological polar surface area (TPSA) is 76.8 Å². The molecule has 0 radical (unpaired) electrons. The second kappa shape index (κ2) is 5.14. The van der Waals surface area contributed by atoms with Gasteiger partial charge in [-0.2, -0.15) is 4.98 Å². The van der Waals surface area contributed by atoms with Gasteiger partial charge in [-0.05, 0) is 18.6 Å². The Balaban J connectivity index is 1.65. The number of ether oxygens (including phenoxy) is 1. The van der Waals surface area contributed by atoms with Crippen molar-refractivity contribution in [2.75, 3.05) is 13.2 Å². The fourth-order valence-corrected chi connectivity index (χ4v) is 2.48. The number of hydrogen-bond acceptors (Lipinski definition) is 5. The molecule has 6 nitrogen and oxygen atoms in total. The second-order valence-electron chi connectivity index (χ2n) is 5.04. The van der Waals surface area contributed by atoms with Crippen molar-refractivity contribution in [2.45, 2.75) is 12.3 Å². The summed E-state index contributed by atoms with van der Waals surface area (Å²) in [6.07, 6.45) is 4.48. The van der Waals surface area contributed by atoms with Crippen molar-refractivity contribution < 1.29 is 9.26 Å². The number of hydrogen-bond donors (Lipinski definition) is 1. The molecule has 1 aliphatic heterocycles. The first-order valence-corrected chi connectivity index (χ1v) is 6.92. The van der Waals surface area contributed by atoms with E-state index in [1.165, 1.54) is 0 Å². The normalized spacial score (nSPS) is 18.2. The van der Waals surface area contributed by atoms with Crippen molar-refractivity contribution >= 4 is 0 Å². The van der Waals surface area contributed by atoms with E-state index in [1.54, 1.807) is 12.4 Å². The van der Waals surface area contributed by atoms with Gasteiger partial charge >= 0.3 is 0 Å². The Morgan fingerprint density at radius 2 is 2.19 bits per heavy atom. The fraction of sp³-hybridized carbons (Fsp3) is 0.267. The van der Waals surface area contributed by atoms with Crippen LogP contribution in [-0.2, 0) is 4.74 Å². The van der Waals surface area contributed by atoms with Gasteiger partial charge in [-0.25, -0.2) is 4.98 Å². The minimum absolute atomic E-state index is 0.246. The van der Waals surface area contributed by atoms with Crippen LogP contribution in [0, 0.1) is 0 Å². The van der Waals surface area contributed by atoms with E-state index in [-0.39, 0.29) is 5.92 Å². The molecule has 1 fully saturated rings. The maximum Gasteiger partial charge on any atom is 0.257 e. The van der Waals surface area contributed by atoms with Gasteiger partial charge in [-0.1, -0.05) is 17.3 Å². The van der Waals surface area contributed by atoms with E-state index < -0.39 is 0 Å². The summed E-state index contributed by atoms with van der Waals surface area (Å²) in [4.78, 5) is 11.8. The van der Waals surface area contributed by atoms with Crippen LogP contribution in [0.2, 0.25) is 0 Å². The molecule has 1 saturated heterocycles.